The van der Waals surface area contributed by atoms with Gasteiger partial charge in [0.1, 0.15) is 0 Å². The summed E-state index contributed by atoms with van der Waals surface area (Å²) >= 11 is 0. The summed E-state index contributed by atoms with van der Waals surface area (Å²) in [5.74, 6) is 0.522. The first kappa shape index (κ1) is 19.5. The molecule has 0 saturated heterocycles. The van der Waals surface area contributed by atoms with Gasteiger partial charge in [-0.1, -0.05) is 39.0 Å². The van der Waals surface area contributed by atoms with Crippen molar-refractivity contribution in [2.75, 3.05) is 0 Å². The van der Waals surface area contributed by atoms with Crippen LogP contribution in [0.2, 0.25) is 0 Å². The van der Waals surface area contributed by atoms with Crippen LogP contribution in [0.5, 0.6) is 0 Å². The molecule has 1 aliphatic rings. The summed E-state index contributed by atoms with van der Waals surface area (Å²) in [4.78, 5) is 0. The molecule has 0 aromatic carbocycles. The van der Waals surface area contributed by atoms with E-state index >= 15 is 0 Å². The van der Waals surface area contributed by atoms with E-state index in [9.17, 15) is 0 Å². The largest absolute Gasteiger partial charge is 0.270 e. The minimum absolute atomic E-state index is 0. The molecule has 0 aromatic rings. The third kappa shape index (κ3) is 6.10. The summed E-state index contributed by atoms with van der Waals surface area (Å²) in [6.45, 7) is 8.86. The van der Waals surface area contributed by atoms with Crippen molar-refractivity contribution >= 4 is 24.8 Å². The molecule has 13 heavy (non-hydrogen) atoms. The van der Waals surface area contributed by atoms with Crippen LogP contribution in [0.3, 0.4) is 0 Å². The molecule has 1 unspecified atom stereocenters. The van der Waals surface area contributed by atoms with Crippen molar-refractivity contribution in [2.24, 2.45) is 11.3 Å². The normalized spacial score (nSPS) is 19.4. The molecule has 0 saturated carbocycles. The van der Waals surface area contributed by atoms with Crippen molar-refractivity contribution in [3.8, 4) is 0 Å². The van der Waals surface area contributed by atoms with Gasteiger partial charge in [0.05, 0.1) is 0 Å². The van der Waals surface area contributed by atoms with Gasteiger partial charge in [0.15, 0.2) is 0 Å². The average Bonchev–Trinajstić information content (AvgIpc) is 2.11. The minimum Gasteiger partial charge on any atom is -0.270 e. The number of allylic oxidation sites excluding steroid dienone is 4. The van der Waals surface area contributed by atoms with Gasteiger partial charge in [-0.05, 0) is 0 Å². The maximum atomic E-state index is 3.26. The molecule has 3 heteroatoms. The SMILES string of the molecule is CC1[C-]=CC(C(C)(C)C)=C1.Cl.Cl.[Zr]. The van der Waals surface area contributed by atoms with Gasteiger partial charge in [-0.25, -0.2) is 6.08 Å². The molecule has 76 valence electrons. The van der Waals surface area contributed by atoms with E-state index < -0.39 is 0 Å². The van der Waals surface area contributed by atoms with Gasteiger partial charge in [0.25, 0.3) is 0 Å². The second-order valence-corrected chi connectivity index (χ2v) is 3.97. The molecule has 1 atom stereocenters. The fraction of sp³-hybridized carbons (Fsp3) is 0.600. The monoisotopic (exact) mass is 297 g/mol. The molecule has 0 amide bonds. The van der Waals surface area contributed by atoms with Crippen molar-refractivity contribution < 1.29 is 26.2 Å². The van der Waals surface area contributed by atoms with Gasteiger partial charge in [0.2, 0.25) is 0 Å². The van der Waals surface area contributed by atoms with Crippen LogP contribution in [0, 0.1) is 17.4 Å². The Balaban J connectivity index is -0.000000333. The molecule has 0 bridgehead atoms. The van der Waals surface area contributed by atoms with Crippen molar-refractivity contribution in [1.29, 1.82) is 0 Å². The van der Waals surface area contributed by atoms with E-state index in [1.807, 2.05) is 0 Å². The van der Waals surface area contributed by atoms with Crippen LogP contribution in [0.4, 0.5) is 0 Å². The van der Waals surface area contributed by atoms with Gasteiger partial charge in [-0.3, -0.25) is 6.08 Å². The Labute approximate surface area is 113 Å². The predicted octanol–water partition coefficient (Wildman–Crippen LogP) is 3.81. The Kier molecular flexibility index (Phi) is 10.9. The van der Waals surface area contributed by atoms with Crippen molar-refractivity contribution in [3.63, 3.8) is 0 Å². The Hall–Kier alpha value is 0.943. The van der Waals surface area contributed by atoms with Crippen molar-refractivity contribution in [1.82, 2.24) is 0 Å². The fourth-order valence-electron chi connectivity index (χ4n) is 1.05. The van der Waals surface area contributed by atoms with Gasteiger partial charge in [-0.15, -0.1) is 24.8 Å². The second-order valence-electron chi connectivity index (χ2n) is 3.97. The van der Waals surface area contributed by atoms with E-state index in [-0.39, 0.29) is 51.0 Å². The van der Waals surface area contributed by atoms with Crippen LogP contribution in [0.15, 0.2) is 17.7 Å². The van der Waals surface area contributed by atoms with Crippen molar-refractivity contribution in [3.05, 3.63) is 23.8 Å². The maximum Gasteiger partial charge on any atom is 0 e. The third-order valence-corrected chi connectivity index (χ3v) is 1.80. The molecule has 0 aliphatic heterocycles. The first-order valence-corrected chi connectivity index (χ1v) is 3.82. The summed E-state index contributed by atoms with van der Waals surface area (Å²) in [6.07, 6.45) is 7.65. The van der Waals surface area contributed by atoms with Gasteiger partial charge >= 0.3 is 0 Å². The van der Waals surface area contributed by atoms with E-state index in [0.29, 0.717) is 11.3 Å². The molecule has 1 rings (SSSR count). The zero-order chi connectivity index (χ0) is 7.78. The van der Waals surface area contributed by atoms with Crippen LogP contribution in [-0.2, 0) is 26.2 Å². The van der Waals surface area contributed by atoms with Gasteiger partial charge < -0.3 is 0 Å². The average molecular weight is 299 g/mol. The first-order valence-electron chi connectivity index (χ1n) is 3.82. The maximum absolute atomic E-state index is 3.26. The Morgan fingerprint density at radius 3 is 1.85 bits per heavy atom. The zero-order valence-electron chi connectivity index (χ0n) is 8.55. The molecule has 1 aliphatic carbocycles. The topological polar surface area (TPSA) is 0 Å². The summed E-state index contributed by atoms with van der Waals surface area (Å²) < 4.78 is 0. The number of hydrogen-bond acceptors (Lipinski definition) is 0. The Bertz CT molecular complexity index is 190. The quantitative estimate of drug-likeness (QED) is 0.597. The molecule has 0 heterocycles. The number of hydrogen-bond donors (Lipinski definition) is 0. The molecule has 0 aromatic heterocycles. The van der Waals surface area contributed by atoms with Crippen LogP contribution < -0.4 is 0 Å². The molecule has 0 radical (unpaired) electrons. The van der Waals surface area contributed by atoms with Crippen molar-refractivity contribution in [2.45, 2.75) is 27.7 Å². The second kappa shape index (κ2) is 7.26. The van der Waals surface area contributed by atoms with Crippen LogP contribution in [-0.4, -0.2) is 0 Å². The summed E-state index contributed by atoms with van der Waals surface area (Å²) in [5, 5.41) is 0. The fourth-order valence-corrected chi connectivity index (χ4v) is 1.05. The van der Waals surface area contributed by atoms with E-state index in [2.05, 4.69) is 45.9 Å². The molecular weight excluding hydrogens is 282 g/mol. The summed E-state index contributed by atoms with van der Waals surface area (Å²) in [7, 11) is 0. The van der Waals surface area contributed by atoms with Gasteiger partial charge in [-0.2, -0.15) is 11.6 Å². The van der Waals surface area contributed by atoms with Gasteiger partial charge in [0, 0.05) is 26.2 Å². The smallest absolute Gasteiger partial charge is 0 e. The van der Waals surface area contributed by atoms with E-state index in [1.165, 1.54) is 5.57 Å². The Morgan fingerprint density at radius 1 is 1.23 bits per heavy atom. The summed E-state index contributed by atoms with van der Waals surface area (Å²) in [6, 6.07) is 0. The zero-order valence-corrected chi connectivity index (χ0v) is 12.6. The minimum atomic E-state index is 0. The first-order chi connectivity index (χ1) is 4.50. The van der Waals surface area contributed by atoms with Crippen LogP contribution >= 0.6 is 24.8 Å². The summed E-state index contributed by atoms with van der Waals surface area (Å²) in [5.41, 5.74) is 1.72. The third-order valence-electron chi connectivity index (χ3n) is 1.80. The van der Waals surface area contributed by atoms with E-state index in [4.69, 9.17) is 0 Å². The molecular formula is C10H17Cl2Zr-. The molecule has 0 fully saturated rings. The van der Waals surface area contributed by atoms with E-state index in [0.717, 1.165) is 0 Å². The molecule has 0 N–H and O–H groups in total. The molecule has 0 nitrogen and oxygen atoms in total. The number of rotatable bonds is 0. The van der Waals surface area contributed by atoms with E-state index in [1.54, 1.807) is 0 Å². The predicted molar refractivity (Wildman–Crippen MR) is 59.0 cm³/mol. The standard InChI is InChI=1S/C10H15.2ClH.Zr/c1-8-5-6-9(7-8)10(2,3)4;;;/h6-8H,1-4H3;2*1H;/q-1;;;. The van der Waals surface area contributed by atoms with Crippen LogP contribution in [0.1, 0.15) is 27.7 Å². The Morgan fingerprint density at radius 2 is 1.69 bits per heavy atom. The van der Waals surface area contributed by atoms with Crippen LogP contribution in [0.25, 0.3) is 0 Å². The molecule has 0 spiro atoms. The number of halogens is 2.